The van der Waals surface area contributed by atoms with Crippen molar-refractivity contribution < 1.29 is 0 Å². The summed E-state index contributed by atoms with van der Waals surface area (Å²) in [6.07, 6.45) is 22.6. The van der Waals surface area contributed by atoms with Crippen molar-refractivity contribution in [3.05, 3.63) is 77.9 Å². The molecule has 1 aliphatic carbocycles. The molecule has 134 valence electrons. The second-order valence-electron chi connectivity index (χ2n) is 5.37. The van der Waals surface area contributed by atoms with E-state index in [0.717, 1.165) is 23.4 Å². The molecule has 0 radical (unpaired) electrons. The molecule has 2 heterocycles. The predicted molar refractivity (Wildman–Crippen MR) is 113 cm³/mol. The van der Waals surface area contributed by atoms with Crippen LogP contribution in [0.15, 0.2) is 76.8 Å². The Kier molecular flexibility index (Phi) is 8.00. The topological polar surface area (TPSA) is 40.9 Å². The van der Waals surface area contributed by atoms with Crippen molar-refractivity contribution in [1.29, 1.82) is 0 Å². The number of aliphatic imine (C=N–C) groups is 1. The molecule has 1 aromatic rings. The van der Waals surface area contributed by atoms with Crippen LogP contribution in [0.4, 0.5) is 0 Å². The Hall–Kier alpha value is -3.01. The average Bonchev–Trinajstić information content (AvgIpc) is 3.08. The molecule has 4 nitrogen and oxygen atoms in total. The summed E-state index contributed by atoms with van der Waals surface area (Å²) in [7, 11) is 0. The molecule has 1 aliphatic heterocycles. The smallest absolute Gasteiger partial charge is 0.0812 e. The van der Waals surface area contributed by atoms with Crippen LogP contribution >= 0.6 is 0 Å². The fraction of sp³-hybridized carbons (Fsp3) is 0.227. The van der Waals surface area contributed by atoms with Crippen LogP contribution in [0.1, 0.15) is 38.4 Å². The van der Waals surface area contributed by atoms with E-state index in [1.54, 1.807) is 12.4 Å². The summed E-state index contributed by atoms with van der Waals surface area (Å²) in [4.78, 5) is 8.95. The van der Waals surface area contributed by atoms with Gasteiger partial charge in [-0.1, -0.05) is 50.3 Å². The van der Waals surface area contributed by atoms with Gasteiger partial charge >= 0.3 is 0 Å². The maximum atomic E-state index is 4.61. The van der Waals surface area contributed by atoms with Crippen LogP contribution in [0.25, 0.3) is 11.6 Å². The lowest BCUT2D eigenvalue weighted by molar-refractivity contribution is 0.499. The predicted octanol–water partition coefficient (Wildman–Crippen LogP) is 5.25. The van der Waals surface area contributed by atoms with Gasteiger partial charge in [0, 0.05) is 24.8 Å². The molecule has 1 aromatic heterocycles. The molecule has 0 saturated carbocycles. The summed E-state index contributed by atoms with van der Waals surface area (Å²) in [6, 6.07) is 4.15. The van der Waals surface area contributed by atoms with Crippen molar-refractivity contribution in [2.75, 3.05) is 6.54 Å². The Balaban J connectivity index is 0.00000117. The first kappa shape index (κ1) is 19.3. The highest BCUT2D eigenvalue weighted by molar-refractivity contribution is 5.72. The third-order valence-corrected chi connectivity index (χ3v) is 3.65. The first-order valence-electron chi connectivity index (χ1n) is 9.00. The number of hydrazone groups is 1. The molecule has 0 spiro atoms. The molecule has 0 N–H and O–H groups in total. The van der Waals surface area contributed by atoms with Gasteiger partial charge in [-0.25, -0.2) is 5.01 Å². The van der Waals surface area contributed by atoms with E-state index in [1.165, 1.54) is 5.57 Å². The van der Waals surface area contributed by atoms with E-state index in [-0.39, 0.29) is 0 Å². The van der Waals surface area contributed by atoms with Crippen LogP contribution < -0.4 is 0 Å². The van der Waals surface area contributed by atoms with Gasteiger partial charge in [-0.05, 0) is 42.7 Å². The molecule has 2 aliphatic rings. The molecule has 0 unspecified atom stereocenters. The Morgan fingerprint density at radius 2 is 2.00 bits per heavy atom. The van der Waals surface area contributed by atoms with E-state index in [4.69, 9.17) is 0 Å². The molecule has 4 heteroatoms. The van der Waals surface area contributed by atoms with Crippen molar-refractivity contribution >= 4 is 24.1 Å². The molecular weight excluding hydrogens is 320 g/mol. The zero-order valence-electron chi connectivity index (χ0n) is 15.7. The molecule has 0 fully saturated rings. The van der Waals surface area contributed by atoms with Gasteiger partial charge in [0.1, 0.15) is 0 Å². The quantitative estimate of drug-likeness (QED) is 0.701. The Bertz CT molecular complexity index is 775. The van der Waals surface area contributed by atoms with Gasteiger partial charge in [-0.15, -0.1) is 0 Å². The number of pyridine rings is 1. The fourth-order valence-corrected chi connectivity index (χ4v) is 2.48. The molecule has 0 atom stereocenters. The largest absolute Gasteiger partial charge is 0.287 e. The van der Waals surface area contributed by atoms with Crippen molar-refractivity contribution in [2.24, 2.45) is 10.1 Å². The third kappa shape index (κ3) is 5.52. The molecular formula is C22H26N4. The zero-order chi connectivity index (χ0) is 18.6. The molecule has 0 saturated heterocycles. The van der Waals surface area contributed by atoms with E-state index in [1.807, 2.05) is 56.4 Å². The summed E-state index contributed by atoms with van der Waals surface area (Å²) in [6.45, 7) is 6.49. The van der Waals surface area contributed by atoms with Crippen molar-refractivity contribution in [3.63, 3.8) is 0 Å². The van der Waals surface area contributed by atoms with Crippen LogP contribution in [-0.2, 0) is 0 Å². The van der Waals surface area contributed by atoms with Crippen LogP contribution in [0.2, 0.25) is 0 Å². The van der Waals surface area contributed by atoms with Crippen LogP contribution in [-0.4, -0.2) is 29.0 Å². The second-order valence-corrected chi connectivity index (χ2v) is 5.37. The summed E-state index contributed by atoms with van der Waals surface area (Å²) in [5, 5.41) is 6.19. The minimum Gasteiger partial charge on any atom is -0.287 e. The van der Waals surface area contributed by atoms with E-state index in [2.05, 4.69) is 51.5 Å². The number of aromatic nitrogens is 1. The van der Waals surface area contributed by atoms with E-state index < -0.39 is 0 Å². The van der Waals surface area contributed by atoms with Gasteiger partial charge in [-0.3, -0.25) is 9.98 Å². The van der Waals surface area contributed by atoms with Crippen molar-refractivity contribution in [1.82, 2.24) is 9.99 Å². The minimum absolute atomic E-state index is 0.590. The normalized spacial score (nSPS) is 17.7. The van der Waals surface area contributed by atoms with Crippen LogP contribution in [0, 0.1) is 0 Å². The van der Waals surface area contributed by atoms with E-state index >= 15 is 0 Å². The number of hydrogen-bond donors (Lipinski definition) is 0. The Labute approximate surface area is 156 Å². The van der Waals surface area contributed by atoms with E-state index in [9.17, 15) is 0 Å². The minimum atomic E-state index is 0.590. The van der Waals surface area contributed by atoms with Gasteiger partial charge in [0.2, 0.25) is 0 Å². The number of allylic oxidation sites excluding steroid dienone is 7. The number of nitrogens with zero attached hydrogens (tertiary/aromatic N) is 4. The molecule has 0 aromatic carbocycles. The Morgan fingerprint density at radius 3 is 2.77 bits per heavy atom. The second kappa shape index (κ2) is 10.8. The summed E-state index contributed by atoms with van der Waals surface area (Å²) < 4.78 is 0. The summed E-state index contributed by atoms with van der Waals surface area (Å²) >= 11 is 0. The maximum absolute atomic E-state index is 4.61. The average molecular weight is 346 g/mol. The third-order valence-electron chi connectivity index (χ3n) is 3.65. The zero-order valence-corrected chi connectivity index (χ0v) is 15.7. The fourth-order valence-electron chi connectivity index (χ4n) is 2.48. The standard InChI is InChI=1S/C20H20N4.C2H6/c1-2-23-24-13-7-12-21-16-19(24)14-17-10-11-20(22-15-17)18-8-5-3-4-6-9-18;1-2/h2-8,10-15H,9,16H2,1H3;1-2H3/b19-14+,23-2-;. The number of rotatable bonds is 3. The molecule has 0 amide bonds. The van der Waals surface area contributed by atoms with E-state index in [0.29, 0.717) is 6.54 Å². The van der Waals surface area contributed by atoms with Gasteiger partial charge < -0.3 is 0 Å². The Morgan fingerprint density at radius 1 is 1.12 bits per heavy atom. The highest BCUT2D eigenvalue weighted by Crippen LogP contribution is 2.20. The molecule has 26 heavy (non-hydrogen) atoms. The summed E-state index contributed by atoms with van der Waals surface area (Å²) in [5.74, 6) is 0. The monoisotopic (exact) mass is 346 g/mol. The van der Waals surface area contributed by atoms with Gasteiger partial charge in [-0.2, -0.15) is 5.10 Å². The SMILES string of the molecule is C/C=N\N1C=CC=NC/C1=C\c1ccc(C2=CC=CC=CC2)nc1.CC. The lowest BCUT2D eigenvalue weighted by Crippen LogP contribution is -2.11. The molecule has 3 rings (SSSR count). The van der Waals surface area contributed by atoms with Crippen LogP contribution in [0.3, 0.4) is 0 Å². The first-order valence-corrected chi connectivity index (χ1v) is 9.00. The van der Waals surface area contributed by atoms with Crippen molar-refractivity contribution in [2.45, 2.75) is 27.2 Å². The first-order chi connectivity index (χ1) is 12.9. The van der Waals surface area contributed by atoms with Gasteiger partial charge in [0.25, 0.3) is 0 Å². The lowest BCUT2D eigenvalue weighted by Gasteiger charge is -2.15. The number of hydrogen-bond acceptors (Lipinski definition) is 4. The maximum Gasteiger partial charge on any atom is 0.0812 e. The van der Waals surface area contributed by atoms with Gasteiger partial charge in [0.05, 0.1) is 17.9 Å². The van der Waals surface area contributed by atoms with Crippen LogP contribution in [0.5, 0.6) is 0 Å². The summed E-state index contributed by atoms with van der Waals surface area (Å²) in [5.41, 5.74) is 4.28. The highest BCUT2D eigenvalue weighted by Gasteiger charge is 2.07. The lowest BCUT2D eigenvalue weighted by atomic mass is 10.1. The highest BCUT2D eigenvalue weighted by atomic mass is 15.4. The molecule has 0 bridgehead atoms. The van der Waals surface area contributed by atoms with Crippen molar-refractivity contribution in [3.8, 4) is 0 Å². The van der Waals surface area contributed by atoms with Gasteiger partial charge in [0.15, 0.2) is 0 Å².